The fourth-order valence-electron chi connectivity index (χ4n) is 3.20. The molecule has 138 valence electrons. The Bertz CT molecular complexity index is 1060. The fraction of sp³-hybridized carbons (Fsp3) is 0.130. The predicted molar refractivity (Wildman–Crippen MR) is 109 cm³/mol. The van der Waals surface area contributed by atoms with Crippen molar-refractivity contribution >= 4 is 5.78 Å². The Labute approximate surface area is 163 Å². The van der Waals surface area contributed by atoms with Crippen molar-refractivity contribution in [2.24, 2.45) is 0 Å². The van der Waals surface area contributed by atoms with Gasteiger partial charge in [-0.3, -0.25) is 19.9 Å². The highest BCUT2D eigenvalue weighted by atomic mass is 16.1. The van der Waals surface area contributed by atoms with Crippen molar-refractivity contribution in [1.29, 1.82) is 0 Å². The lowest BCUT2D eigenvalue weighted by molar-refractivity contribution is 0.0980. The smallest absolute Gasteiger partial charge is 0.163 e. The zero-order valence-electron chi connectivity index (χ0n) is 15.4. The van der Waals surface area contributed by atoms with Crippen molar-refractivity contribution in [3.05, 3.63) is 90.5 Å². The third-order valence-electron chi connectivity index (χ3n) is 4.63. The highest BCUT2D eigenvalue weighted by molar-refractivity contribution is 6.02. The van der Waals surface area contributed by atoms with Crippen LogP contribution in [-0.2, 0) is 6.42 Å². The Hall–Kier alpha value is -3.60. The highest BCUT2D eigenvalue weighted by Gasteiger charge is 2.14. The molecule has 4 rings (SSSR count). The van der Waals surface area contributed by atoms with E-state index >= 15 is 0 Å². The van der Waals surface area contributed by atoms with Crippen LogP contribution in [0.4, 0.5) is 0 Å². The van der Waals surface area contributed by atoms with Gasteiger partial charge in [0.2, 0.25) is 0 Å². The molecule has 0 aliphatic heterocycles. The van der Waals surface area contributed by atoms with Crippen LogP contribution in [0.2, 0.25) is 0 Å². The summed E-state index contributed by atoms with van der Waals surface area (Å²) in [5, 5.41) is 7.46. The van der Waals surface area contributed by atoms with E-state index in [4.69, 9.17) is 0 Å². The Morgan fingerprint density at radius 2 is 1.75 bits per heavy atom. The lowest BCUT2D eigenvalue weighted by Crippen LogP contribution is -2.03. The number of ketones is 1. The molecule has 4 aromatic rings. The summed E-state index contributed by atoms with van der Waals surface area (Å²) in [6.07, 6.45) is 7.32. The molecule has 0 amide bonds. The maximum atomic E-state index is 12.8. The number of aromatic amines is 1. The molecule has 0 aliphatic rings. The molecule has 1 N–H and O–H groups in total. The van der Waals surface area contributed by atoms with Crippen LogP contribution in [0.1, 0.15) is 28.9 Å². The van der Waals surface area contributed by atoms with Gasteiger partial charge in [0.15, 0.2) is 5.78 Å². The molecule has 0 aliphatic carbocycles. The summed E-state index contributed by atoms with van der Waals surface area (Å²) in [6.45, 7) is 0. The van der Waals surface area contributed by atoms with Crippen molar-refractivity contribution < 1.29 is 4.79 Å². The quantitative estimate of drug-likeness (QED) is 0.478. The normalized spacial score (nSPS) is 10.7. The molecule has 3 heterocycles. The average Bonchev–Trinajstić information content (AvgIpc) is 3.25. The van der Waals surface area contributed by atoms with E-state index in [1.54, 1.807) is 18.6 Å². The van der Waals surface area contributed by atoms with E-state index in [1.165, 1.54) is 0 Å². The highest BCUT2D eigenvalue weighted by Crippen LogP contribution is 2.27. The van der Waals surface area contributed by atoms with Gasteiger partial charge in [0.05, 0.1) is 11.4 Å². The Balaban J connectivity index is 1.51. The third-order valence-corrected chi connectivity index (χ3v) is 4.63. The van der Waals surface area contributed by atoms with E-state index < -0.39 is 0 Å². The van der Waals surface area contributed by atoms with Gasteiger partial charge in [-0.2, -0.15) is 5.10 Å². The summed E-state index contributed by atoms with van der Waals surface area (Å²) < 4.78 is 0. The number of aromatic nitrogens is 4. The second-order valence-corrected chi connectivity index (χ2v) is 6.55. The number of nitrogens with one attached hydrogen (secondary N) is 1. The van der Waals surface area contributed by atoms with Crippen LogP contribution in [-0.4, -0.2) is 25.9 Å². The molecule has 0 radical (unpaired) electrons. The molecule has 0 fully saturated rings. The maximum absolute atomic E-state index is 12.8. The van der Waals surface area contributed by atoms with Gasteiger partial charge < -0.3 is 0 Å². The number of carbonyl (C=O) groups excluding carboxylic acids is 1. The van der Waals surface area contributed by atoms with Gasteiger partial charge in [-0.15, -0.1) is 0 Å². The minimum Gasteiger partial charge on any atom is -0.294 e. The SMILES string of the molecule is O=C(CCCc1ccccn1)c1ccccc1-c1cc(-c2ccncc2)n[nH]1. The fourth-order valence-corrected chi connectivity index (χ4v) is 3.20. The molecular formula is C23H20N4O. The first-order valence-electron chi connectivity index (χ1n) is 9.29. The summed E-state index contributed by atoms with van der Waals surface area (Å²) >= 11 is 0. The lowest BCUT2D eigenvalue weighted by Gasteiger charge is -2.07. The van der Waals surface area contributed by atoms with Gasteiger partial charge in [-0.1, -0.05) is 30.3 Å². The number of benzene rings is 1. The number of hydrogen-bond donors (Lipinski definition) is 1. The minimum atomic E-state index is 0.131. The molecule has 0 bridgehead atoms. The number of carbonyl (C=O) groups is 1. The van der Waals surface area contributed by atoms with Crippen molar-refractivity contribution in [2.75, 3.05) is 0 Å². The third kappa shape index (κ3) is 4.04. The first-order valence-corrected chi connectivity index (χ1v) is 9.29. The minimum absolute atomic E-state index is 0.131. The van der Waals surface area contributed by atoms with Crippen LogP contribution >= 0.6 is 0 Å². The van der Waals surface area contributed by atoms with E-state index in [0.717, 1.165) is 41.1 Å². The number of H-pyrrole nitrogens is 1. The van der Waals surface area contributed by atoms with Gasteiger partial charge in [0, 0.05) is 47.4 Å². The largest absolute Gasteiger partial charge is 0.294 e. The molecule has 5 nitrogen and oxygen atoms in total. The molecule has 0 saturated carbocycles. The molecule has 0 atom stereocenters. The summed E-state index contributed by atoms with van der Waals surface area (Å²) in [7, 11) is 0. The van der Waals surface area contributed by atoms with Gasteiger partial charge in [-0.05, 0) is 43.2 Å². The number of pyridine rings is 2. The predicted octanol–water partition coefficient (Wildman–Crippen LogP) is 4.74. The van der Waals surface area contributed by atoms with Crippen LogP contribution < -0.4 is 0 Å². The van der Waals surface area contributed by atoms with Gasteiger partial charge in [0.25, 0.3) is 0 Å². The van der Waals surface area contributed by atoms with E-state index in [2.05, 4.69) is 20.2 Å². The standard InChI is InChI=1S/C23H20N4O/c28-23(10-5-7-18-6-3-4-13-25-18)20-9-2-1-8-19(20)22-16-21(26-27-22)17-11-14-24-15-12-17/h1-4,6,8-9,11-16H,5,7,10H2,(H,26,27). The lowest BCUT2D eigenvalue weighted by atomic mass is 9.97. The Kier molecular flexibility index (Phi) is 5.33. The van der Waals surface area contributed by atoms with Gasteiger partial charge in [0.1, 0.15) is 0 Å². The van der Waals surface area contributed by atoms with Crippen LogP contribution in [0.5, 0.6) is 0 Å². The Morgan fingerprint density at radius 1 is 0.929 bits per heavy atom. The molecule has 0 spiro atoms. The molecule has 0 saturated heterocycles. The molecule has 5 heteroatoms. The van der Waals surface area contributed by atoms with Crippen LogP contribution in [0, 0.1) is 0 Å². The molecule has 3 aromatic heterocycles. The van der Waals surface area contributed by atoms with Crippen LogP contribution in [0.3, 0.4) is 0 Å². The second-order valence-electron chi connectivity index (χ2n) is 6.55. The van der Waals surface area contributed by atoms with Crippen LogP contribution in [0.25, 0.3) is 22.5 Å². The van der Waals surface area contributed by atoms with E-state index in [1.807, 2.05) is 60.7 Å². The zero-order valence-corrected chi connectivity index (χ0v) is 15.4. The van der Waals surface area contributed by atoms with Gasteiger partial charge >= 0.3 is 0 Å². The topological polar surface area (TPSA) is 71.5 Å². The first-order chi connectivity index (χ1) is 13.8. The van der Waals surface area contributed by atoms with Crippen molar-refractivity contribution in [3.8, 4) is 22.5 Å². The monoisotopic (exact) mass is 368 g/mol. The number of nitrogens with zero attached hydrogens (tertiary/aromatic N) is 3. The van der Waals surface area contributed by atoms with Crippen molar-refractivity contribution in [3.63, 3.8) is 0 Å². The van der Waals surface area contributed by atoms with Crippen molar-refractivity contribution in [1.82, 2.24) is 20.2 Å². The maximum Gasteiger partial charge on any atom is 0.163 e. The van der Waals surface area contributed by atoms with Crippen LogP contribution in [0.15, 0.2) is 79.3 Å². The van der Waals surface area contributed by atoms with Gasteiger partial charge in [-0.25, -0.2) is 0 Å². The van der Waals surface area contributed by atoms with Crippen molar-refractivity contribution in [2.45, 2.75) is 19.3 Å². The Morgan fingerprint density at radius 3 is 2.57 bits per heavy atom. The number of hydrogen-bond acceptors (Lipinski definition) is 4. The van der Waals surface area contributed by atoms with E-state index in [-0.39, 0.29) is 5.78 Å². The molecule has 28 heavy (non-hydrogen) atoms. The average molecular weight is 368 g/mol. The first kappa shape index (κ1) is 17.8. The van der Waals surface area contributed by atoms with E-state index in [0.29, 0.717) is 12.0 Å². The summed E-state index contributed by atoms with van der Waals surface area (Å²) in [5.41, 5.74) is 5.25. The second kappa shape index (κ2) is 8.39. The molecule has 0 unspecified atom stereocenters. The zero-order chi connectivity index (χ0) is 19.2. The number of aryl methyl sites for hydroxylation is 1. The number of rotatable bonds is 7. The summed E-state index contributed by atoms with van der Waals surface area (Å²) in [4.78, 5) is 21.2. The van der Waals surface area contributed by atoms with E-state index in [9.17, 15) is 4.79 Å². The molecule has 1 aromatic carbocycles. The number of Topliss-reactive ketones (excluding diaryl/α,β-unsaturated/α-hetero) is 1. The molecular weight excluding hydrogens is 348 g/mol. The summed E-state index contributed by atoms with van der Waals surface area (Å²) in [6, 6.07) is 19.3. The summed E-state index contributed by atoms with van der Waals surface area (Å²) in [5.74, 6) is 0.131.